The van der Waals surface area contributed by atoms with E-state index >= 15 is 0 Å². The van der Waals surface area contributed by atoms with Gasteiger partial charge in [0, 0.05) is 30.9 Å². The second-order valence-electron chi connectivity index (χ2n) is 12.6. The topological polar surface area (TPSA) is 103 Å². The normalized spacial score (nSPS) is 20.3. The number of fused-ring (bicyclic) bond motifs is 4. The lowest BCUT2D eigenvalue weighted by Crippen LogP contribution is -2.48. The third kappa shape index (κ3) is 5.83. The summed E-state index contributed by atoms with van der Waals surface area (Å²) in [6.45, 7) is 8.40. The molecule has 1 N–H and O–H groups in total. The first-order valence-electron chi connectivity index (χ1n) is 15.2. The zero-order chi connectivity index (χ0) is 31.1. The summed E-state index contributed by atoms with van der Waals surface area (Å²) in [5.74, 6) is -0.0519. The van der Waals surface area contributed by atoms with Crippen LogP contribution < -0.4 is 10.1 Å². The maximum absolute atomic E-state index is 13.4. The molecule has 2 unspecified atom stereocenters. The molecular formula is C35H38N2O7. The number of hydrogen-bond donors (Lipinski definition) is 1. The summed E-state index contributed by atoms with van der Waals surface area (Å²) in [5, 5.41) is 3.06. The van der Waals surface area contributed by atoms with Crippen molar-refractivity contribution in [1.82, 2.24) is 10.2 Å². The Kier molecular flexibility index (Phi) is 7.73. The van der Waals surface area contributed by atoms with Crippen LogP contribution in [-0.4, -0.2) is 60.6 Å². The molecule has 6 rings (SSSR count). The van der Waals surface area contributed by atoms with Gasteiger partial charge in [0.25, 0.3) is 0 Å². The Bertz CT molecular complexity index is 1550. The van der Waals surface area contributed by atoms with E-state index in [1.54, 1.807) is 30.0 Å². The molecule has 0 bridgehead atoms. The first-order valence-corrected chi connectivity index (χ1v) is 15.2. The highest BCUT2D eigenvalue weighted by Gasteiger charge is 2.48. The van der Waals surface area contributed by atoms with E-state index in [0.29, 0.717) is 30.7 Å². The van der Waals surface area contributed by atoms with E-state index in [9.17, 15) is 14.4 Å². The summed E-state index contributed by atoms with van der Waals surface area (Å²) in [4.78, 5) is 40.4. The molecule has 0 radical (unpaired) electrons. The summed E-state index contributed by atoms with van der Waals surface area (Å²) in [7, 11) is 0. The van der Waals surface area contributed by atoms with Crippen molar-refractivity contribution in [3.63, 3.8) is 0 Å². The number of amides is 2. The highest BCUT2D eigenvalue weighted by molar-refractivity contribution is 5.90. The van der Waals surface area contributed by atoms with Gasteiger partial charge in [0.05, 0.1) is 24.8 Å². The maximum atomic E-state index is 13.4. The highest BCUT2D eigenvalue weighted by atomic mass is 16.6. The lowest BCUT2D eigenvalue weighted by Gasteiger charge is -2.40. The van der Waals surface area contributed by atoms with Crippen LogP contribution in [0.15, 0.2) is 66.7 Å². The van der Waals surface area contributed by atoms with Crippen LogP contribution in [0, 0.1) is 0 Å². The molecule has 9 nitrogen and oxygen atoms in total. The molecule has 0 aromatic heterocycles. The van der Waals surface area contributed by atoms with E-state index in [1.165, 1.54) is 0 Å². The predicted molar refractivity (Wildman–Crippen MR) is 164 cm³/mol. The smallest absolute Gasteiger partial charge is 0.410 e. The van der Waals surface area contributed by atoms with Crippen molar-refractivity contribution in [2.24, 2.45) is 0 Å². The van der Waals surface area contributed by atoms with Gasteiger partial charge in [0.2, 0.25) is 0 Å². The third-order valence-corrected chi connectivity index (χ3v) is 8.41. The van der Waals surface area contributed by atoms with E-state index in [1.807, 2.05) is 45.0 Å². The predicted octanol–water partition coefficient (Wildman–Crippen LogP) is 6.61. The largest absolute Gasteiger partial charge is 0.485 e. The number of benzene rings is 3. The van der Waals surface area contributed by atoms with Crippen molar-refractivity contribution in [2.75, 3.05) is 26.3 Å². The van der Waals surface area contributed by atoms with Crippen molar-refractivity contribution in [3.8, 4) is 16.9 Å². The number of carbonyl (C=O) groups is 3. The van der Waals surface area contributed by atoms with E-state index in [0.717, 1.165) is 27.8 Å². The SMILES string of the molecule is CCOC(=O)c1ccc2c(c1)OC1(CCN(C(=O)OC(C)(C)C)C1)CC2NC(=O)OCC1c2ccccc2-c2ccccc21. The Morgan fingerprint density at radius 1 is 0.955 bits per heavy atom. The number of rotatable bonds is 5. The molecular weight excluding hydrogens is 560 g/mol. The Balaban J connectivity index is 1.21. The zero-order valence-corrected chi connectivity index (χ0v) is 25.6. The molecule has 1 aliphatic carbocycles. The first-order chi connectivity index (χ1) is 21.1. The van der Waals surface area contributed by atoms with Crippen LogP contribution in [0.5, 0.6) is 5.75 Å². The summed E-state index contributed by atoms with van der Waals surface area (Å²) in [5.41, 5.74) is 4.26. The molecule has 2 aliphatic heterocycles. The Hall–Kier alpha value is -4.53. The van der Waals surface area contributed by atoms with E-state index in [4.69, 9.17) is 18.9 Å². The minimum atomic E-state index is -0.779. The summed E-state index contributed by atoms with van der Waals surface area (Å²) in [6.07, 6.45) is 0.00174. The summed E-state index contributed by atoms with van der Waals surface area (Å²) in [6, 6.07) is 21.0. The molecule has 1 spiro atoms. The second-order valence-corrected chi connectivity index (χ2v) is 12.6. The van der Waals surface area contributed by atoms with Crippen molar-refractivity contribution < 1.29 is 33.3 Å². The third-order valence-electron chi connectivity index (χ3n) is 8.41. The fourth-order valence-electron chi connectivity index (χ4n) is 6.50. The fourth-order valence-corrected chi connectivity index (χ4v) is 6.50. The minimum Gasteiger partial charge on any atom is -0.485 e. The number of carbonyl (C=O) groups excluding carboxylic acids is 3. The molecule has 2 heterocycles. The van der Waals surface area contributed by atoms with Gasteiger partial charge in [-0.15, -0.1) is 0 Å². The number of nitrogens with one attached hydrogen (secondary N) is 1. The number of ether oxygens (including phenoxy) is 4. The van der Waals surface area contributed by atoms with Crippen LogP contribution in [-0.2, 0) is 14.2 Å². The van der Waals surface area contributed by atoms with E-state index in [-0.39, 0.29) is 25.7 Å². The van der Waals surface area contributed by atoms with Gasteiger partial charge in [-0.05, 0) is 62.1 Å². The average molecular weight is 599 g/mol. The number of esters is 1. The number of alkyl carbamates (subject to hydrolysis) is 1. The Morgan fingerprint density at radius 3 is 2.30 bits per heavy atom. The van der Waals surface area contributed by atoms with Gasteiger partial charge in [0.15, 0.2) is 0 Å². The lowest BCUT2D eigenvalue weighted by atomic mass is 9.86. The monoisotopic (exact) mass is 598 g/mol. The fraction of sp³-hybridized carbons (Fsp3) is 0.400. The van der Waals surface area contributed by atoms with Crippen LogP contribution in [0.4, 0.5) is 9.59 Å². The number of nitrogens with zero attached hydrogens (tertiary/aromatic N) is 1. The molecule has 3 aromatic carbocycles. The van der Waals surface area contributed by atoms with Gasteiger partial charge in [-0.3, -0.25) is 0 Å². The average Bonchev–Trinajstić information content (AvgIpc) is 3.54. The van der Waals surface area contributed by atoms with Crippen LogP contribution >= 0.6 is 0 Å². The lowest BCUT2D eigenvalue weighted by molar-refractivity contribution is 0.0124. The molecule has 2 atom stereocenters. The second kappa shape index (κ2) is 11.5. The van der Waals surface area contributed by atoms with Gasteiger partial charge in [0.1, 0.15) is 23.6 Å². The molecule has 9 heteroatoms. The molecule has 44 heavy (non-hydrogen) atoms. The van der Waals surface area contributed by atoms with Crippen LogP contribution in [0.1, 0.15) is 79.5 Å². The summed E-state index contributed by atoms with van der Waals surface area (Å²) >= 11 is 0. The van der Waals surface area contributed by atoms with Crippen LogP contribution in [0.2, 0.25) is 0 Å². The van der Waals surface area contributed by atoms with Crippen molar-refractivity contribution >= 4 is 18.2 Å². The molecule has 3 aliphatic rings. The molecule has 230 valence electrons. The minimum absolute atomic E-state index is 0.0641. The van der Waals surface area contributed by atoms with Gasteiger partial charge in [-0.25, -0.2) is 14.4 Å². The van der Waals surface area contributed by atoms with Gasteiger partial charge < -0.3 is 29.2 Å². The molecule has 1 fully saturated rings. The molecule has 2 amide bonds. The van der Waals surface area contributed by atoms with Crippen LogP contribution in [0.3, 0.4) is 0 Å². The summed E-state index contributed by atoms with van der Waals surface area (Å²) < 4.78 is 23.2. The Morgan fingerprint density at radius 2 is 1.64 bits per heavy atom. The first kappa shape index (κ1) is 29.5. The number of likely N-dealkylation sites (tertiary alicyclic amines) is 1. The van der Waals surface area contributed by atoms with Gasteiger partial charge in [-0.1, -0.05) is 54.6 Å². The molecule has 1 saturated heterocycles. The highest BCUT2D eigenvalue weighted by Crippen LogP contribution is 2.46. The Labute approximate surface area is 257 Å². The zero-order valence-electron chi connectivity index (χ0n) is 25.6. The van der Waals surface area contributed by atoms with E-state index < -0.39 is 35.4 Å². The van der Waals surface area contributed by atoms with Crippen molar-refractivity contribution in [2.45, 2.75) is 63.7 Å². The van der Waals surface area contributed by atoms with Crippen molar-refractivity contribution in [3.05, 3.63) is 89.0 Å². The number of hydrogen-bond acceptors (Lipinski definition) is 7. The molecule has 0 saturated carbocycles. The molecule has 3 aromatic rings. The van der Waals surface area contributed by atoms with E-state index in [2.05, 4.69) is 29.6 Å². The van der Waals surface area contributed by atoms with Gasteiger partial charge in [-0.2, -0.15) is 0 Å². The van der Waals surface area contributed by atoms with Crippen LogP contribution in [0.25, 0.3) is 11.1 Å². The standard InChI is InChI=1S/C35H38N2O7/c1-5-41-31(38)22-14-15-27-29(19-35(43-30(27)18-22)16-17-37(21-35)33(40)44-34(2,3)4)36-32(39)42-20-28-25-12-8-6-10-23(25)24-11-7-9-13-26(24)28/h6-15,18,28-29H,5,16-17,19-21H2,1-4H3,(H,36,39). The quantitative estimate of drug-likeness (QED) is 0.261. The van der Waals surface area contributed by atoms with Crippen molar-refractivity contribution in [1.29, 1.82) is 0 Å². The van der Waals surface area contributed by atoms with Gasteiger partial charge >= 0.3 is 18.2 Å². The maximum Gasteiger partial charge on any atom is 0.410 e.